The number of rotatable bonds is 5. The molecule has 5 heteroatoms. The molecule has 0 bridgehead atoms. The number of nitrogens with one attached hydrogen (secondary N) is 2. The van der Waals surface area contributed by atoms with Gasteiger partial charge < -0.3 is 10.6 Å². The highest BCUT2D eigenvalue weighted by atomic mass is 16.1. The Labute approximate surface area is 148 Å². The molecule has 5 nitrogen and oxygen atoms in total. The fourth-order valence-corrected chi connectivity index (χ4v) is 3.33. The van der Waals surface area contributed by atoms with Gasteiger partial charge in [-0.15, -0.1) is 0 Å². The molecule has 0 radical (unpaired) electrons. The molecule has 130 valence electrons. The lowest BCUT2D eigenvalue weighted by Gasteiger charge is -2.22. The van der Waals surface area contributed by atoms with Crippen molar-refractivity contribution in [3.63, 3.8) is 0 Å². The first kappa shape index (κ1) is 16.1. The first-order valence-electron chi connectivity index (χ1n) is 9.29. The Bertz CT molecular complexity index is 751. The van der Waals surface area contributed by atoms with Crippen LogP contribution in [-0.4, -0.2) is 28.0 Å². The Morgan fingerprint density at radius 2 is 1.84 bits per heavy atom. The molecule has 4 rings (SSSR count). The zero-order valence-corrected chi connectivity index (χ0v) is 14.4. The second kappa shape index (κ2) is 7.21. The molecule has 25 heavy (non-hydrogen) atoms. The van der Waals surface area contributed by atoms with Crippen molar-refractivity contribution in [3.05, 3.63) is 42.1 Å². The van der Waals surface area contributed by atoms with E-state index in [1.165, 1.54) is 32.1 Å². The third-order valence-electron chi connectivity index (χ3n) is 4.93. The summed E-state index contributed by atoms with van der Waals surface area (Å²) in [6.07, 6.45) is 10.2. The Hall–Kier alpha value is -2.43. The van der Waals surface area contributed by atoms with Crippen LogP contribution in [0.4, 0.5) is 5.95 Å². The summed E-state index contributed by atoms with van der Waals surface area (Å²) in [5.74, 6) is 0.677. The van der Waals surface area contributed by atoms with E-state index in [1.807, 2.05) is 30.3 Å². The third kappa shape index (κ3) is 4.16. The van der Waals surface area contributed by atoms with Crippen molar-refractivity contribution < 1.29 is 4.79 Å². The quantitative estimate of drug-likeness (QED) is 0.872. The standard InChI is InChI=1S/C20H24N4O/c25-19(22-17-9-10-17)15-6-4-5-14(13-15)18-11-12-21-20(24-18)23-16-7-2-1-3-8-16/h4-6,11-13,16-17H,1-3,7-10H2,(H,22,25)(H,21,23,24). The normalized spacial score (nSPS) is 17.9. The molecule has 1 amide bonds. The Morgan fingerprint density at radius 3 is 2.64 bits per heavy atom. The molecule has 0 unspecified atom stereocenters. The van der Waals surface area contributed by atoms with Gasteiger partial charge in [0.05, 0.1) is 5.69 Å². The van der Waals surface area contributed by atoms with Crippen molar-refractivity contribution in [2.75, 3.05) is 5.32 Å². The maximum Gasteiger partial charge on any atom is 0.251 e. The van der Waals surface area contributed by atoms with E-state index < -0.39 is 0 Å². The summed E-state index contributed by atoms with van der Waals surface area (Å²) in [6.45, 7) is 0. The Balaban J connectivity index is 1.50. The summed E-state index contributed by atoms with van der Waals surface area (Å²) in [4.78, 5) is 21.3. The molecule has 2 aromatic rings. The van der Waals surface area contributed by atoms with Crippen LogP contribution in [0.5, 0.6) is 0 Å². The number of carbonyl (C=O) groups excluding carboxylic acids is 1. The van der Waals surface area contributed by atoms with Gasteiger partial charge in [0.15, 0.2) is 0 Å². The summed E-state index contributed by atoms with van der Waals surface area (Å²) in [6, 6.07) is 10.4. The fraction of sp³-hybridized carbons (Fsp3) is 0.450. The van der Waals surface area contributed by atoms with Gasteiger partial charge in [0, 0.05) is 29.4 Å². The van der Waals surface area contributed by atoms with Crippen LogP contribution in [0.15, 0.2) is 36.5 Å². The predicted octanol–water partition coefficient (Wildman–Crippen LogP) is 3.78. The number of hydrogen-bond donors (Lipinski definition) is 2. The smallest absolute Gasteiger partial charge is 0.251 e. The minimum atomic E-state index is -0.000963. The highest BCUT2D eigenvalue weighted by Crippen LogP contribution is 2.23. The molecule has 0 atom stereocenters. The average Bonchev–Trinajstić information content (AvgIpc) is 3.47. The molecule has 0 saturated heterocycles. The first-order valence-corrected chi connectivity index (χ1v) is 9.29. The largest absolute Gasteiger partial charge is 0.351 e. The first-order chi connectivity index (χ1) is 12.3. The van der Waals surface area contributed by atoms with Crippen molar-refractivity contribution in [3.8, 4) is 11.3 Å². The van der Waals surface area contributed by atoms with E-state index in [9.17, 15) is 4.79 Å². The monoisotopic (exact) mass is 336 g/mol. The highest BCUT2D eigenvalue weighted by Gasteiger charge is 2.23. The van der Waals surface area contributed by atoms with Crippen LogP contribution in [0, 0.1) is 0 Å². The van der Waals surface area contributed by atoms with Gasteiger partial charge in [-0.25, -0.2) is 9.97 Å². The molecule has 2 N–H and O–H groups in total. The lowest BCUT2D eigenvalue weighted by molar-refractivity contribution is 0.0951. The molecule has 0 aliphatic heterocycles. The van der Waals surface area contributed by atoms with Gasteiger partial charge in [0.2, 0.25) is 5.95 Å². The second-order valence-electron chi connectivity index (χ2n) is 7.07. The summed E-state index contributed by atoms with van der Waals surface area (Å²) in [7, 11) is 0. The SMILES string of the molecule is O=C(NC1CC1)c1cccc(-c2ccnc(NC3CCCCC3)n2)c1. The highest BCUT2D eigenvalue weighted by molar-refractivity contribution is 5.95. The molecule has 2 saturated carbocycles. The number of aromatic nitrogens is 2. The molecule has 2 aliphatic carbocycles. The summed E-state index contributed by atoms with van der Waals surface area (Å²) < 4.78 is 0. The Kier molecular flexibility index (Phi) is 4.63. The van der Waals surface area contributed by atoms with E-state index in [2.05, 4.69) is 20.6 Å². The lowest BCUT2D eigenvalue weighted by Crippen LogP contribution is -2.25. The van der Waals surface area contributed by atoms with Crippen molar-refractivity contribution in [1.29, 1.82) is 0 Å². The van der Waals surface area contributed by atoms with E-state index in [0.29, 0.717) is 23.6 Å². The molecule has 1 heterocycles. The summed E-state index contributed by atoms with van der Waals surface area (Å²) >= 11 is 0. The summed E-state index contributed by atoms with van der Waals surface area (Å²) in [5, 5.41) is 6.49. The van der Waals surface area contributed by atoms with Crippen LogP contribution in [0.2, 0.25) is 0 Å². The molecule has 1 aromatic heterocycles. The van der Waals surface area contributed by atoms with E-state index in [-0.39, 0.29) is 5.91 Å². The molecule has 2 fully saturated rings. The van der Waals surface area contributed by atoms with Crippen LogP contribution >= 0.6 is 0 Å². The third-order valence-corrected chi connectivity index (χ3v) is 4.93. The predicted molar refractivity (Wildman–Crippen MR) is 98.5 cm³/mol. The van der Waals surface area contributed by atoms with Gasteiger partial charge in [-0.1, -0.05) is 31.4 Å². The topological polar surface area (TPSA) is 66.9 Å². The van der Waals surface area contributed by atoms with Crippen LogP contribution < -0.4 is 10.6 Å². The van der Waals surface area contributed by atoms with E-state index in [1.54, 1.807) is 6.20 Å². The number of anilines is 1. The minimum absolute atomic E-state index is 0.000963. The number of amides is 1. The molecular weight excluding hydrogens is 312 g/mol. The second-order valence-corrected chi connectivity index (χ2v) is 7.07. The molecule has 1 aromatic carbocycles. The number of hydrogen-bond acceptors (Lipinski definition) is 4. The average molecular weight is 336 g/mol. The maximum absolute atomic E-state index is 12.3. The van der Waals surface area contributed by atoms with Gasteiger partial charge in [0.1, 0.15) is 0 Å². The van der Waals surface area contributed by atoms with Crippen molar-refractivity contribution in [1.82, 2.24) is 15.3 Å². The zero-order chi connectivity index (χ0) is 17.1. The van der Waals surface area contributed by atoms with E-state index in [0.717, 1.165) is 24.1 Å². The maximum atomic E-state index is 12.3. The fourth-order valence-electron chi connectivity index (χ4n) is 3.33. The molecule has 2 aliphatic rings. The number of nitrogens with zero attached hydrogens (tertiary/aromatic N) is 2. The van der Waals surface area contributed by atoms with Crippen LogP contribution in [-0.2, 0) is 0 Å². The van der Waals surface area contributed by atoms with Crippen molar-refractivity contribution in [2.24, 2.45) is 0 Å². The van der Waals surface area contributed by atoms with Gasteiger partial charge in [-0.2, -0.15) is 0 Å². The lowest BCUT2D eigenvalue weighted by atomic mass is 9.96. The van der Waals surface area contributed by atoms with Crippen molar-refractivity contribution in [2.45, 2.75) is 57.0 Å². The zero-order valence-electron chi connectivity index (χ0n) is 14.4. The minimum Gasteiger partial charge on any atom is -0.351 e. The number of benzene rings is 1. The van der Waals surface area contributed by atoms with Gasteiger partial charge in [-0.3, -0.25) is 4.79 Å². The number of carbonyl (C=O) groups is 1. The van der Waals surface area contributed by atoms with E-state index >= 15 is 0 Å². The molecule has 0 spiro atoms. The van der Waals surface area contributed by atoms with E-state index in [4.69, 9.17) is 0 Å². The van der Waals surface area contributed by atoms with Crippen molar-refractivity contribution >= 4 is 11.9 Å². The Morgan fingerprint density at radius 1 is 1.00 bits per heavy atom. The van der Waals surface area contributed by atoms with Crippen LogP contribution in [0.3, 0.4) is 0 Å². The molecular formula is C20H24N4O. The van der Waals surface area contributed by atoms with Gasteiger partial charge >= 0.3 is 0 Å². The summed E-state index contributed by atoms with van der Waals surface area (Å²) in [5.41, 5.74) is 2.47. The van der Waals surface area contributed by atoms with Crippen LogP contribution in [0.25, 0.3) is 11.3 Å². The van der Waals surface area contributed by atoms with Gasteiger partial charge in [0.25, 0.3) is 5.91 Å². The van der Waals surface area contributed by atoms with Gasteiger partial charge in [-0.05, 0) is 43.9 Å². The van der Waals surface area contributed by atoms with Crippen LogP contribution in [0.1, 0.15) is 55.3 Å².